The van der Waals surface area contributed by atoms with E-state index in [1.54, 1.807) is 54.6 Å². The van der Waals surface area contributed by atoms with Crippen molar-refractivity contribution < 1.29 is 33.1 Å². The van der Waals surface area contributed by atoms with Crippen LogP contribution in [0.1, 0.15) is 91.3 Å². The summed E-state index contributed by atoms with van der Waals surface area (Å²) in [4.78, 5) is 97.3. The average molecular weight is 1130 g/mol. The second kappa shape index (κ2) is 21.6. The van der Waals surface area contributed by atoms with Crippen molar-refractivity contribution in [2.24, 2.45) is 7.05 Å². The molecule has 4 amide bonds. The molecule has 0 bridgehead atoms. The van der Waals surface area contributed by atoms with Crippen molar-refractivity contribution in [2.45, 2.75) is 72.0 Å². The van der Waals surface area contributed by atoms with Crippen LogP contribution in [0.3, 0.4) is 0 Å². The Labute approximate surface area is 469 Å². The molecule has 10 aromatic rings. The maximum atomic E-state index is 13.1. The highest BCUT2D eigenvalue weighted by molar-refractivity contribution is 6.31. The molecule has 28 heteroatoms. The second-order valence-corrected chi connectivity index (χ2v) is 21.2. The SMILES string of the molecule is C=CC(=O)Nc1cn(Cc2cnc3nc(-c4nn(C)cc4NC(=O)C=C)[nH]c3c2-c2ccc(CNC(=O)c3nc(C(C)(C)C)no3)c(Cl)c2)nc1-c1nc2nccc(-c3ccc(CNC(=O)c4nc(C(C)(C)C)no4)c([N+](=O)[O-])c3)c2[nH]1. The van der Waals surface area contributed by atoms with Gasteiger partial charge in [-0.1, -0.05) is 94.8 Å². The Morgan fingerprint density at radius 2 is 1.28 bits per heavy atom. The minimum Gasteiger partial charge on any atom is -0.344 e. The summed E-state index contributed by atoms with van der Waals surface area (Å²) in [6, 6.07) is 11.5. The van der Waals surface area contributed by atoms with E-state index in [1.165, 1.54) is 23.0 Å². The van der Waals surface area contributed by atoms with E-state index in [0.717, 1.165) is 12.2 Å². The number of carbonyl (C=O) groups excluding carboxylic acids is 4. The van der Waals surface area contributed by atoms with Crippen LogP contribution in [0.4, 0.5) is 17.1 Å². The fourth-order valence-corrected chi connectivity index (χ4v) is 8.77. The van der Waals surface area contributed by atoms with Gasteiger partial charge in [-0.25, -0.2) is 19.9 Å². The minimum atomic E-state index is -0.694. The number of hydrogen-bond donors (Lipinski definition) is 6. The first-order valence-corrected chi connectivity index (χ1v) is 25.4. The van der Waals surface area contributed by atoms with Crippen molar-refractivity contribution >= 4 is 74.6 Å². The summed E-state index contributed by atoms with van der Waals surface area (Å²) in [6.45, 7) is 18.3. The van der Waals surface area contributed by atoms with Crippen LogP contribution in [0.15, 0.2) is 102 Å². The van der Waals surface area contributed by atoms with Gasteiger partial charge in [0, 0.05) is 82.6 Å². The van der Waals surface area contributed by atoms with E-state index in [2.05, 4.69) is 74.8 Å². The largest absolute Gasteiger partial charge is 0.344 e. The van der Waals surface area contributed by atoms with Gasteiger partial charge in [0.1, 0.15) is 0 Å². The number of aromatic amines is 2. The Kier molecular flexibility index (Phi) is 14.4. The maximum Gasteiger partial charge on any atom is 0.315 e. The van der Waals surface area contributed by atoms with Gasteiger partial charge in [0.25, 0.3) is 5.69 Å². The zero-order chi connectivity index (χ0) is 58.4. The number of aryl methyl sites for hydroxylation is 1. The van der Waals surface area contributed by atoms with Crippen molar-refractivity contribution in [3.63, 3.8) is 0 Å². The average Bonchev–Trinajstić information content (AvgIpc) is 4.52. The van der Waals surface area contributed by atoms with Crippen molar-refractivity contribution in [1.82, 2.24) is 80.4 Å². The molecule has 0 aliphatic heterocycles. The molecule has 0 saturated carbocycles. The Morgan fingerprint density at radius 1 is 0.720 bits per heavy atom. The molecule has 0 spiro atoms. The van der Waals surface area contributed by atoms with E-state index in [-0.39, 0.29) is 77.0 Å². The highest BCUT2D eigenvalue weighted by atomic mass is 35.5. The van der Waals surface area contributed by atoms with Gasteiger partial charge in [0.15, 0.2) is 46.0 Å². The number of imidazole rings is 2. The van der Waals surface area contributed by atoms with E-state index >= 15 is 0 Å². The standard InChI is InChI=1S/C54H50ClN19O8/c1-10-36(75)60-33-24-72(9)68-40(33)45-63-42-38(27-13-14-28(32(55)18-27)20-58-47(77)49-66-51(70-81-49)53(3,4)5)30(22-57-44(42)65-45)23-73-25-34(61-37(76)11-2)41(69-73)46-62-39-31(16-17-56-43(39)64-46)26-12-15-29(35(19-26)74(79)80)21-59-48(78)50-67-52(71-82-50)54(6,7)8/h10-19,22,24-25H,1-2,20-21,23H2,3-9H3,(H,58,77)(H,59,78)(H,60,75)(H,61,76)(H,56,62,64)(H,57,63,65). The molecule has 0 saturated heterocycles. The molecular formula is C54H50ClN19O8. The van der Waals surface area contributed by atoms with Gasteiger partial charge in [-0.2, -0.15) is 20.2 Å². The summed E-state index contributed by atoms with van der Waals surface area (Å²) >= 11 is 7.01. The number of halogens is 1. The monoisotopic (exact) mass is 1130 g/mol. The quantitative estimate of drug-likeness (QED) is 0.0286. The van der Waals surface area contributed by atoms with E-state index in [4.69, 9.17) is 40.7 Å². The lowest BCUT2D eigenvalue weighted by molar-refractivity contribution is -0.385. The number of nitro benzene ring substituents is 1. The van der Waals surface area contributed by atoms with Crippen LogP contribution >= 0.6 is 11.6 Å². The Hall–Kier alpha value is -10.6. The maximum absolute atomic E-state index is 13.1. The number of aromatic nitrogens is 14. The van der Waals surface area contributed by atoms with Crippen LogP contribution in [0.25, 0.3) is 67.6 Å². The van der Waals surface area contributed by atoms with Gasteiger partial charge in [0.2, 0.25) is 11.8 Å². The lowest BCUT2D eigenvalue weighted by Gasteiger charge is -2.13. The van der Waals surface area contributed by atoms with Crippen LogP contribution in [-0.2, 0) is 47.1 Å². The van der Waals surface area contributed by atoms with Gasteiger partial charge in [0.05, 0.1) is 40.4 Å². The highest BCUT2D eigenvalue weighted by Gasteiger charge is 2.28. The summed E-state index contributed by atoms with van der Waals surface area (Å²) in [5, 5.41) is 41.1. The van der Waals surface area contributed by atoms with Crippen LogP contribution in [0.2, 0.25) is 5.02 Å². The van der Waals surface area contributed by atoms with Crippen LogP contribution < -0.4 is 21.3 Å². The van der Waals surface area contributed by atoms with E-state index in [1.807, 2.05) is 47.6 Å². The fraction of sp³-hybridized carbons (Fsp3) is 0.222. The number of rotatable bonds is 17. The molecule has 10 rings (SSSR count). The molecule has 416 valence electrons. The Morgan fingerprint density at radius 3 is 1.87 bits per heavy atom. The molecule has 0 fully saturated rings. The molecule has 6 N–H and O–H groups in total. The van der Waals surface area contributed by atoms with E-state index in [0.29, 0.717) is 72.5 Å². The number of anilines is 2. The van der Waals surface area contributed by atoms with Crippen LogP contribution in [0.5, 0.6) is 0 Å². The number of nitrogens with zero attached hydrogens (tertiary/aromatic N) is 13. The molecule has 0 unspecified atom stereocenters. The first kappa shape index (κ1) is 54.8. The topological polar surface area (TPSA) is 356 Å². The number of hydrogen-bond acceptors (Lipinski definition) is 18. The lowest BCUT2D eigenvalue weighted by Crippen LogP contribution is -2.24. The number of H-pyrrole nitrogens is 2. The Balaban J connectivity index is 0.995. The third kappa shape index (κ3) is 11.2. The fourth-order valence-electron chi connectivity index (χ4n) is 8.53. The summed E-state index contributed by atoms with van der Waals surface area (Å²) in [6.07, 6.45) is 8.58. The third-order valence-electron chi connectivity index (χ3n) is 12.6. The zero-order valence-corrected chi connectivity index (χ0v) is 45.8. The van der Waals surface area contributed by atoms with Gasteiger partial charge < -0.3 is 40.3 Å². The smallest absolute Gasteiger partial charge is 0.315 e. The van der Waals surface area contributed by atoms with Crippen molar-refractivity contribution in [3.8, 4) is 45.3 Å². The molecule has 0 atom stereocenters. The van der Waals surface area contributed by atoms with Crippen molar-refractivity contribution in [1.29, 1.82) is 0 Å². The zero-order valence-electron chi connectivity index (χ0n) is 45.0. The number of fused-ring (bicyclic) bond motifs is 2. The molecule has 82 heavy (non-hydrogen) atoms. The van der Waals surface area contributed by atoms with E-state index in [9.17, 15) is 29.3 Å². The van der Waals surface area contributed by atoms with Gasteiger partial charge in [-0.05, 0) is 47.0 Å². The number of nitrogens with one attached hydrogen (secondary N) is 6. The second-order valence-electron chi connectivity index (χ2n) is 20.7. The number of pyridine rings is 2. The van der Waals surface area contributed by atoms with Crippen molar-refractivity contribution in [2.75, 3.05) is 10.6 Å². The molecule has 0 aliphatic rings. The number of amides is 4. The number of carbonyl (C=O) groups is 4. The Bertz CT molecular complexity index is 4220. The summed E-state index contributed by atoms with van der Waals surface area (Å²) in [7, 11) is 1.70. The normalized spacial score (nSPS) is 11.7. The molecule has 0 radical (unpaired) electrons. The summed E-state index contributed by atoms with van der Waals surface area (Å²) in [5.74, 6) is -1.58. The molecule has 8 aromatic heterocycles. The van der Waals surface area contributed by atoms with Gasteiger partial charge in [-0.15, -0.1) is 0 Å². The molecule has 2 aromatic carbocycles. The number of nitro groups is 1. The minimum absolute atomic E-state index is 0.0151. The van der Waals surface area contributed by atoms with Crippen LogP contribution in [-0.4, -0.2) is 98.3 Å². The van der Waals surface area contributed by atoms with E-state index < -0.39 is 39.4 Å². The molecule has 0 aliphatic carbocycles. The molecular weight excluding hydrogens is 1080 g/mol. The highest BCUT2D eigenvalue weighted by Crippen LogP contribution is 2.38. The first-order valence-electron chi connectivity index (χ1n) is 25.1. The number of benzene rings is 2. The molecule has 8 heterocycles. The van der Waals surface area contributed by atoms with Crippen molar-refractivity contribution in [3.05, 3.63) is 148 Å². The first-order chi connectivity index (χ1) is 39.0. The predicted octanol–water partition coefficient (Wildman–Crippen LogP) is 7.91. The molecule has 27 nitrogen and oxygen atoms in total. The van der Waals surface area contributed by atoms with Gasteiger partial charge >= 0.3 is 23.6 Å². The predicted molar refractivity (Wildman–Crippen MR) is 299 cm³/mol. The lowest BCUT2D eigenvalue weighted by atomic mass is 9.96. The van der Waals surface area contributed by atoms with Gasteiger partial charge in [-0.3, -0.25) is 38.7 Å². The summed E-state index contributed by atoms with van der Waals surface area (Å²) in [5.41, 5.74) is 4.77. The summed E-state index contributed by atoms with van der Waals surface area (Å²) < 4.78 is 13.5. The third-order valence-corrected chi connectivity index (χ3v) is 13.0. The van der Waals surface area contributed by atoms with Crippen LogP contribution in [0, 0.1) is 10.1 Å².